The summed E-state index contributed by atoms with van der Waals surface area (Å²) in [6, 6.07) is 3.93. The first-order chi connectivity index (χ1) is 9.24. The highest BCUT2D eigenvalue weighted by molar-refractivity contribution is 7.13. The van der Waals surface area contributed by atoms with Crippen LogP contribution in [0.5, 0.6) is 0 Å². The maximum absolute atomic E-state index is 12.3. The summed E-state index contributed by atoms with van der Waals surface area (Å²) in [4.78, 5) is 16.3. The molecule has 2 fully saturated rings. The zero-order valence-electron chi connectivity index (χ0n) is 11.1. The highest BCUT2D eigenvalue weighted by Gasteiger charge is 2.32. The SMILES string of the molecule is Cc1ccc(C(=O)N2CCC(C3OCCO3)CC2)s1. The second-order valence-electron chi connectivity index (χ2n) is 5.15. The van der Waals surface area contributed by atoms with Gasteiger partial charge in [-0.25, -0.2) is 0 Å². The van der Waals surface area contributed by atoms with E-state index < -0.39 is 0 Å². The Morgan fingerprint density at radius 3 is 2.53 bits per heavy atom. The number of hydrogen-bond donors (Lipinski definition) is 0. The average Bonchev–Trinajstić information content (AvgIpc) is 3.09. The van der Waals surface area contributed by atoms with E-state index in [1.165, 1.54) is 4.88 Å². The van der Waals surface area contributed by atoms with Crippen LogP contribution in [0.3, 0.4) is 0 Å². The van der Waals surface area contributed by atoms with Gasteiger partial charge < -0.3 is 14.4 Å². The predicted molar refractivity (Wildman–Crippen MR) is 73.4 cm³/mol. The van der Waals surface area contributed by atoms with Gasteiger partial charge in [0.1, 0.15) is 0 Å². The fraction of sp³-hybridized carbons (Fsp3) is 0.643. The van der Waals surface area contributed by atoms with Gasteiger partial charge in [-0.15, -0.1) is 11.3 Å². The van der Waals surface area contributed by atoms with Gasteiger partial charge in [0.05, 0.1) is 18.1 Å². The average molecular weight is 281 g/mol. The summed E-state index contributed by atoms with van der Waals surface area (Å²) in [6.07, 6.45) is 1.91. The molecule has 0 N–H and O–H groups in total. The lowest BCUT2D eigenvalue weighted by Gasteiger charge is -2.33. The Hall–Kier alpha value is -0.910. The molecular weight excluding hydrogens is 262 g/mol. The van der Waals surface area contributed by atoms with Crippen molar-refractivity contribution in [1.29, 1.82) is 0 Å². The predicted octanol–water partition coefficient (Wildman–Crippen LogP) is 2.28. The summed E-state index contributed by atoms with van der Waals surface area (Å²) >= 11 is 1.58. The minimum absolute atomic E-state index is 0.0405. The van der Waals surface area contributed by atoms with Crippen LogP contribution in [0.4, 0.5) is 0 Å². The molecule has 104 valence electrons. The number of ether oxygens (including phenoxy) is 2. The van der Waals surface area contributed by atoms with Crippen LogP contribution in [0.25, 0.3) is 0 Å². The van der Waals surface area contributed by atoms with Gasteiger partial charge in [0.2, 0.25) is 0 Å². The fourth-order valence-corrected chi connectivity index (χ4v) is 3.56. The zero-order chi connectivity index (χ0) is 13.2. The Kier molecular flexibility index (Phi) is 3.86. The maximum Gasteiger partial charge on any atom is 0.263 e. The van der Waals surface area contributed by atoms with Crippen molar-refractivity contribution in [3.63, 3.8) is 0 Å². The first-order valence-electron chi connectivity index (χ1n) is 6.83. The van der Waals surface area contributed by atoms with Gasteiger partial charge in [0.25, 0.3) is 5.91 Å². The van der Waals surface area contributed by atoms with Crippen molar-refractivity contribution in [2.45, 2.75) is 26.1 Å². The lowest BCUT2D eigenvalue weighted by Crippen LogP contribution is -2.41. The van der Waals surface area contributed by atoms with Crippen molar-refractivity contribution >= 4 is 17.2 Å². The van der Waals surface area contributed by atoms with Crippen LogP contribution in [0.1, 0.15) is 27.4 Å². The number of amides is 1. The third kappa shape index (κ3) is 2.83. The monoisotopic (exact) mass is 281 g/mol. The molecule has 2 aliphatic heterocycles. The van der Waals surface area contributed by atoms with Crippen molar-refractivity contribution < 1.29 is 14.3 Å². The van der Waals surface area contributed by atoms with Gasteiger partial charge in [0, 0.05) is 23.9 Å². The molecule has 0 spiro atoms. The summed E-state index contributed by atoms with van der Waals surface area (Å²) in [7, 11) is 0. The van der Waals surface area contributed by atoms with Gasteiger partial charge in [-0.05, 0) is 31.9 Å². The smallest absolute Gasteiger partial charge is 0.263 e. The summed E-state index contributed by atoms with van der Waals surface area (Å²) in [6.45, 7) is 5.06. The zero-order valence-corrected chi connectivity index (χ0v) is 11.9. The topological polar surface area (TPSA) is 38.8 Å². The van der Waals surface area contributed by atoms with Gasteiger partial charge in [-0.2, -0.15) is 0 Å². The van der Waals surface area contributed by atoms with Gasteiger partial charge >= 0.3 is 0 Å². The van der Waals surface area contributed by atoms with Crippen LogP contribution >= 0.6 is 11.3 Å². The standard InChI is InChI=1S/C14H19NO3S/c1-10-2-3-12(19-10)13(16)15-6-4-11(5-7-15)14-17-8-9-18-14/h2-3,11,14H,4-9H2,1H3. The van der Waals surface area contributed by atoms with E-state index in [9.17, 15) is 4.79 Å². The minimum Gasteiger partial charge on any atom is -0.350 e. The molecule has 0 aliphatic carbocycles. The van der Waals surface area contributed by atoms with E-state index in [1.807, 2.05) is 24.0 Å². The highest BCUT2D eigenvalue weighted by atomic mass is 32.1. The van der Waals surface area contributed by atoms with Gasteiger partial charge in [-0.1, -0.05) is 0 Å². The van der Waals surface area contributed by atoms with Gasteiger partial charge in [-0.3, -0.25) is 4.79 Å². The molecule has 0 atom stereocenters. The van der Waals surface area contributed by atoms with Crippen LogP contribution in [0, 0.1) is 12.8 Å². The quantitative estimate of drug-likeness (QED) is 0.835. The third-order valence-corrected chi connectivity index (χ3v) is 4.80. The van der Waals surface area contributed by atoms with E-state index in [2.05, 4.69) is 0 Å². The van der Waals surface area contributed by atoms with Crippen LogP contribution in [-0.2, 0) is 9.47 Å². The molecule has 3 rings (SSSR count). The number of hydrogen-bond acceptors (Lipinski definition) is 4. The molecule has 1 amide bonds. The minimum atomic E-state index is -0.0405. The summed E-state index contributed by atoms with van der Waals surface area (Å²) in [5.41, 5.74) is 0. The van der Waals surface area contributed by atoms with Crippen LogP contribution in [0.15, 0.2) is 12.1 Å². The number of carbonyl (C=O) groups excluding carboxylic acids is 1. The lowest BCUT2D eigenvalue weighted by atomic mass is 9.96. The molecule has 1 aromatic rings. The summed E-state index contributed by atoms with van der Waals surface area (Å²) in [5, 5.41) is 0. The Labute approximate surface area is 117 Å². The van der Waals surface area contributed by atoms with E-state index in [-0.39, 0.29) is 12.2 Å². The molecular formula is C14H19NO3S. The van der Waals surface area contributed by atoms with Crippen LogP contribution in [0.2, 0.25) is 0 Å². The van der Waals surface area contributed by atoms with Gasteiger partial charge in [0.15, 0.2) is 6.29 Å². The number of aryl methyl sites for hydroxylation is 1. The number of thiophene rings is 1. The van der Waals surface area contributed by atoms with Crippen molar-refractivity contribution in [2.75, 3.05) is 26.3 Å². The van der Waals surface area contributed by atoms with Crippen molar-refractivity contribution in [1.82, 2.24) is 4.90 Å². The molecule has 19 heavy (non-hydrogen) atoms. The first-order valence-corrected chi connectivity index (χ1v) is 7.64. The van der Waals surface area contributed by atoms with E-state index in [0.717, 1.165) is 30.8 Å². The second kappa shape index (κ2) is 5.61. The molecule has 4 nitrogen and oxygen atoms in total. The molecule has 5 heteroatoms. The van der Waals surface area contributed by atoms with E-state index in [4.69, 9.17) is 9.47 Å². The molecule has 0 unspecified atom stereocenters. The van der Waals surface area contributed by atoms with Crippen molar-refractivity contribution in [3.05, 3.63) is 21.9 Å². The van der Waals surface area contributed by atoms with E-state index in [1.54, 1.807) is 11.3 Å². The molecule has 1 aromatic heterocycles. The maximum atomic E-state index is 12.3. The molecule has 0 radical (unpaired) electrons. The number of nitrogens with zero attached hydrogens (tertiary/aromatic N) is 1. The summed E-state index contributed by atoms with van der Waals surface area (Å²) < 4.78 is 11.1. The van der Waals surface area contributed by atoms with Crippen LogP contribution in [-0.4, -0.2) is 43.4 Å². The molecule has 2 aliphatic rings. The number of piperidine rings is 1. The Balaban J connectivity index is 1.56. The summed E-state index contributed by atoms with van der Waals surface area (Å²) in [5.74, 6) is 0.612. The molecule has 2 saturated heterocycles. The number of carbonyl (C=O) groups is 1. The highest BCUT2D eigenvalue weighted by Crippen LogP contribution is 2.27. The Bertz CT molecular complexity index is 445. The fourth-order valence-electron chi connectivity index (χ4n) is 2.73. The number of rotatable bonds is 2. The molecule has 3 heterocycles. The van der Waals surface area contributed by atoms with Crippen molar-refractivity contribution in [2.24, 2.45) is 5.92 Å². The molecule has 0 saturated carbocycles. The van der Waals surface area contributed by atoms with Crippen molar-refractivity contribution in [3.8, 4) is 0 Å². The molecule has 0 bridgehead atoms. The third-order valence-electron chi connectivity index (χ3n) is 3.81. The first kappa shape index (κ1) is 13.1. The van der Waals surface area contributed by atoms with E-state index in [0.29, 0.717) is 19.1 Å². The second-order valence-corrected chi connectivity index (χ2v) is 6.44. The Morgan fingerprint density at radius 1 is 1.26 bits per heavy atom. The van der Waals surface area contributed by atoms with Crippen LogP contribution < -0.4 is 0 Å². The Morgan fingerprint density at radius 2 is 1.95 bits per heavy atom. The van der Waals surface area contributed by atoms with E-state index >= 15 is 0 Å². The lowest BCUT2D eigenvalue weighted by molar-refractivity contribution is -0.0955. The number of likely N-dealkylation sites (tertiary alicyclic amines) is 1. The normalized spacial score (nSPS) is 22.1. The largest absolute Gasteiger partial charge is 0.350 e. The molecule has 0 aromatic carbocycles.